The summed E-state index contributed by atoms with van der Waals surface area (Å²) >= 11 is 6.08. The van der Waals surface area contributed by atoms with Gasteiger partial charge in [-0.05, 0) is 32.0 Å². The topological polar surface area (TPSA) is 60.4 Å². The Balaban J connectivity index is 2.08. The lowest BCUT2D eigenvalue weighted by Crippen LogP contribution is -2.51. The van der Waals surface area contributed by atoms with Gasteiger partial charge in [0.05, 0.1) is 0 Å². The molecule has 0 aliphatic carbocycles. The van der Waals surface area contributed by atoms with E-state index in [1.165, 1.54) is 13.8 Å². The van der Waals surface area contributed by atoms with Gasteiger partial charge in [-0.25, -0.2) is 0 Å². The SMILES string of the molecule is CC(=O)C1(C(C)=O)Oc2ccc(Cl)cc2C1CC(=O)c1ccccc1. The zero-order valence-corrected chi connectivity index (χ0v) is 14.7. The second-order valence-electron chi connectivity index (χ2n) is 6.18. The lowest BCUT2D eigenvalue weighted by atomic mass is 9.75. The Morgan fingerprint density at radius 1 is 1.04 bits per heavy atom. The molecule has 2 aromatic carbocycles. The van der Waals surface area contributed by atoms with Crippen molar-refractivity contribution >= 4 is 29.0 Å². The summed E-state index contributed by atoms with van der Waals surface area (Å²) in [6.07, 6.45) is -0.0173. The Morgan fingerprint density at radius 2 is 1.68 bits per heavy atom. The summed E-state index contributed by atoms with van der Waals surface area (Å²) in [4.78, 5) is 37.5. The van der Waals surface area contributed by atoms with Crippen LogP contribution in [0.15, 0.2) is 48.5 Å². The molecule has 2 aromatic rings. The van der Waals surface area contributed by atoms with Crippen molar-refractivity contribution in [2.24, 2.45) is 0 Å². The number of halogens is 1. The molecule has 25 heavy (non-hydrogen) atoms. The molecule has 1 atom stereocenters. The summed E-state index contributed by atoms with van der Waals surface area (Å²) in [6, 6.07) is 13.7. The van der Waals surface area contributed by atoms with Crippen molar-refractivity contribution in [1.82, 2.24) is 0 Å². The molecule has 3 rings (SSSR count). The highest BCUT2D eigenvalue weighted by molar-refractivity contribution is 6.30. The van der Waals surface area contributed by atoms with Crippen molar-refractivity contribution in [1.29, 1.82) is 0 Å². The van der Waals surface area contributed by atoms with Crippen LogP contribution in [0.3, 0.4) is 0 Å². The molecule has 0 aromatic heterocycles. The van der Waals surface area contributed by atoms with Gasteiger partial charge in [-0.3, -0.25) is 14.4 Å². The van der Waals surface area contributed by atoms with Crippen molar-refractivity contribution in [2.45, 2.75) is 31.8 Å². The molecular weight excluding hydrogens is 340 g/mol. The zero-order valence-electron chi connectivity index (χ0n) is 13.9. The monoisotopic (exact) mass is 356 g/mol. The number of benzene rings is 2. The molecule has 0 fully saturated rings. The van der Waals surface area contributed by atoms with E-state index < -0.39 is 23.1 Å². The minimum Gasteiger partial charge on any atom is -0.471 e. The van der Waals surface area contributed by atoms with E-state index in [4.69, 9.17) is 16.3 Å². The van der Waals surface area contributed by atoms with Gasteiger partial charge in [0.25, 0.3) is 0 Å². The Hall–Kier alpha value is -2.46. The summed E-state index contributed by atoms with van der Waals surface area (Å²) < 4.78 is 5.81. The van der Waals surface area contributed by atoms with Crippen LogP contribution in [0.4, 0.5) is 0 Å². The lowest BCUT2D eigenvalue weighted by Gasteiger charge is -2.29. The molecule has 4 nitrogen and oxygen atoms in total. The fourth-order valence-electron chi connectivity index (χ4n) is 3.41. The molecule has 5 heteroatoms. The van der Waals surface area contributed by atoms with E-state index in [2.05, 4.69) is 0 Å². The molecule has 1 heterocycles. The van der Waals surface area contributed by atoms with Gasteiger partial charge in [-0.15, -0.1) is 0 Å². The van der Waals surface area contributed by atoms with Gasteiger partial charge in [0, 0.05) is 28.5 Å². The smallest absolute Gasteiger partial charge is 0.231 e. The first kappa shape index (κ1) is 17.4. The largest absolute Gasteiger partial charge is 0.471 e. The summed E-state index contributed by atoms with van der Waals surface area (Å²) in [6.45, 7) is 2.63. The number of fused-ring (bicyclic) bond motifs is 1. The second-order valence-corrected chi connectivity index (χ2v) is 6.61. The molecule has 0 radical (unpaired) electrons. The van der Waals surface area contributed by atoms with Crippen molar-refractivity contribution in [2.75, 3.05) is 0 Å². The molecular formula is C20H17ClO4. The van der Waals surface area contributed by atoms with E-state index in [9.17, 15) is 14.4 Å². The fraction of sp³-hybridized carbons (Fsp3) is 0.250. The van der Waals surface area contributed by atoms with E-state index in [0.29, 0.717) is 21.9 Å². The van der Waals surface area contributed by atoms with Crippen molar-refractivity contribution in [3.05, 3.63) is 64.7 Å². The molecule has 1 unspecified atom stereocenters. The standard InChI is InChI=1S/C20H17ClO4/c1-12(22)20(13(2)23)17(11-18(24)14-6-4-3-5-7-14)16-10-15(21)8-9-19(16)25-20/h3-10,17H,11H2,1-2H3. The number of carbonyl (C=O) groups is 3. The van der Waals surface area contributed by atoms with Gasteiger partial charge in [0.1, 0.15) is 5.75 Å². The Kier molecular flexibility index (Phi) is 4.48. The highest BCUT2D eigenvalue weighted by atomic mass is 35.5. The molecule has 0 saturated carbocycles. The predicted molar refractivity (Wildman–Crippen MR) is 94.3 cm³/mol. The first-order chi connectivity index (χ1) is 11.9. The van der Waals surface area contributed by atoms with Crippen molar-refractivity contribution in [3.63, 3.8) is 0 Å². The van der Waals surface area contributed by atoms with E-state index in [1.807, 2.05) is 6.07 Å². The van der Waals surface area contributed by atoms with Crippen LogP contribution in [-0.2, 0) is 9.59 Å². The van der Waals surface area contributed by atoms with Crippen LogP contribution >= 0.6 is 11.6 Å². The van der Waals surface area contributed by atoms with Gasteiger partial charge in [0.15, 0.2) is 17.3 Å². The summed E-state index contributed by atoms with van der Waals surface area (Å²) in [5, 5.41) is 0.461. The summed E-state index contributed by atoms with van der Waals surface area (Å²) in [7, 11) is 0. The molecule has 0 saturated heterocycles. The van der Waals surface area contributed by atoms with Crippen LogP contribution in [0.1, 0.15) is 42.1 Å². The van der Waals surface area contributed by atoms with Gasteiger partial charge in [-0.2, -0.15) is 0 Å². The molecule has 1 aliphatic rings. The normalized spacial score (nSPS) is 17.5. The lowest BCUT2D eigenvalue weighted by molar-refractivity contribution is -0.145. The number of ketones is 3. The van der Waals surface area contributed by atoms with E-state index in [0.717, 1.165) is 0 Å². The van der Waals surface area contributed by atoms with Crippen molar-refractivity contribution in [3.8, 4) is 5.75 Å². The number of hydrogen-bond donors (Lipinski definition) is 0. The highest BCUT2D eigenvalue weighted by Crippen LogP contribution is 2.49. The third-order valence-electron chi connectivity index (χ3n) is 4.64. The van der Waals surface area contributed by atoms with E-state index in [1.54, 1.807) is 42.5 Å². The van der Waals surface area contributed by atoms with Gasteiger partial charge in [-0.1, -0.05) is 41.9 Å². The zero-order chi connectivity index (χ0) is 18.2. The van der Waals surface area contributed by atoms with Gasteiger partial charge < -0.3 is 4.74 Å². The number of Topliss-reactive ketones (excluding diaryl/α,β-unsaturated/α-hetero) is 3. The summed E-state index contributed by atoms with van der Waals surface area (Å²) in [5.41, 5.74) is -0.543. The molecule has 1 aliphatic heterocycles. The Bertz CT molecular complexity index is 843. The van der Waals surface area contributed by atoms with Crippen LogP contribution < -0.4 is 4.74 Å². The van der Waals surface area contributed by atoms with Crippen LogP contribution in [-0.4, -0.2) is 23.0 Å². The maximum atomic E-state index is 12.7. The molecule has 0 spiro atoms. The Morgan fingerprint density at radius 3 is 2.28 bits per heavy atom. The highest BCUT2D eigenvalue weighted by Gasteiger charge is 2.56. The number of ether oxygens (including phenoxy) is 1. The van der Waals surface area contributed by atoms with Crippen LogP contribution in [0, 0.1) is 0 Å². The van der Waals surface area contributed by atoms with Crippen LogP contribution in [0.2, 0.25) is 5.02 Å². The summed E-state index contributed by atoms with van der Waals surface area (Å²) in [5.74, 6) is -1.28. The molecule has 0 bridgehead atoms. The maximum absolute atomic E-state index is 12.7. The first-order valence-corrected chi connectivity index (χ1v) is 8.33. The van der Waals surface area contributed by atoms with Crippen LogP contribution in [0.25, 0.3) is 0 Å². The van der Waals surface area contributed by atoms with E-state index >= 15 is 0 Å². The Labute approximate surface area is 150 Å². The molecule has 0 N–H and O–H groups in total. The quantitative estimate of drug-likeness (QED) is 0.600. The van der Waals surface area contributed by atoms with Crippen molar-refractivity contribution < 1.29 is 19.1 Å². The fourth-order valence-corrected chi connectivity index (χ4v) is 3.59. The third kappa shape index (κ3) is 2.87. The number of carbonyl (C=O) groups excluding carboxylic acids is 3. The second kappa shape index (κ2) is 6.45. The van der Waals surface area contributed by atoms with Crippen LogP contribution in [0.5, 0.6) is 5.75 Å². The molecule has 0 amide bonds. The first-order valence-electron chi connectivity index (χ1n) is 7.95. The number of rotatable bonds is 5. The minimum absolute atomic E-state index is 0.0173. The number of hydrogen-bond acceptors (Lipinski definition) is 4. The average Bonchev–Trinajstić information content (AvgIpc) is 2.91. The average molecular weight is 357 g/mol. The van der Waals surface area contributed by atoms with Gasteiger partial charge in [0.2, 0.25) is 5.60 Å². The molecule has 128 valence electrons. The predicted octanol–water partition coefficient (Wildman–Crippen LogP) is 4.01. The van der Waals surface area contributed by atoms with Gasteiger partial charge >= 0.3 is 0 Å². The van der Waals surface area contributed by atoms with E-state index in [-0.39, 0.29) is 12.2 Å². The third-order valence-corrected chi connectivity index (χ3v) is 4.88. The minimum atomic E-state index is -1.68. The maximum Gasteiger partial charge on any atom is 0.231 e.